The van der Waals surface area contributed by atoms with Crippen LogP contribution in [0.15, 0.2) is 87.6 Å². The summed E-state index contributed by atoms with van der Waals surface area (Å²) < 4.78 is 28.6. The standard InChI is InChI=1S/C35H45N7O5S2/c36-34(37)38-21-7-4-8-27(25-48-29-9-2-1-3-10-29)39-31-16-15-30(24-32(31)42(44)45)49(46,47)40-33(43)26-11-13-28(14-12-26)41-22-19-35(20-23-41)17-5-6-18-35/h1-3,9-16,24,27,39H,4-8,17-23,25H2,(H,40,43)(H4,36,37,38)/t27-/m1/s1. The van der Waals surface area contributed by atoms with Crippen LogP contribution in [0.4, 0.5) is 17.1 Å². The number of rotatable bonds is 15. The number of unbranched alkanes of at least 4 members (excludes halogenated alkanes) is 1. The maximum atomic E-state index is 13.3. The number of nitrogens with two attached hydrogens (primary N) is 2. The van der Waals surface area contributed by atoms with Gasteiger partial charge < -0.3 is 21.7 Å². The third kappa shape index (κ3) is 9.88. The van der Waals surface area contributed by atoms with Gasteiger partial charge >= 0.3 is 0 Å². The van der Waals surface area contributed by atoms with Crippen molar-refractivity contribution in [3.8, 4) is 0 Å². The van der Waals surface area contributed by atoms with Gasteiger partial charge in [0, 0.05) is 53.6 Å². The number of guanidine groups is 1. The molecule has 0 bridgehead atoms. The maximum absolute atomic E-state index is 13.3. The zero-order valence-electron chi connectivity index (χ0n) is 27.6. The van der Waals surface area contributed by atoms with E-state index in [0.717, 1.165) is 42.6 Å². The zero-order chi connectivity index (χ0) is 34.9. The number of anilines is 2. The number of benzene rings is 3. The van der Waals surface area contributed by atoms with Crippen LogP contribution in [0.2, 0.25) is 0 Å². The van der Waals surface area contributed by atoms with Gasteiger partial charge in [0.05, 0.1) is 9.82 Å². The monoisotopic (exact) mass is 707 g/mol. The Morgan fingerprint density at radius 3 is 2.33 bits per heavy atom. The molecule has 2 aliphatic rings. The first-order chi connectivity index (χ1) is 23.5. The van der Waals surface area contributed by atoms with Crippen LogP contribution < -0.4 is 26.4 Å². The molecule has 1 spiro atoms. The van der Waals surface area contributed by atoms with Gasteiger partial charge in [-0.05, 0) is 98.9 Å². The van der Waals surface area contributed by atoms with Crippen LogP contribution in [0.5, 0.6) is 0 Å². The molecule has 5 rings (SSSR count). The average Bonchev–Trinajstić information content (AvgIpc) is 3.55. The number of aliphatic imine (C=N–C) groups is 1. The van der Waals surface area contributed by atoms with E-state index in [1.165, 1.54) is 50.7 Å². The van der Waals surface area contributed by atoms with Crippen molar-refractivity contribution in [2.24, 2.45) is 21.9 Å². The van der Waals surface area contributed by atoms with E-state index in [1.54, 1.807) is 23.9 Å². The molecule has 1 atom stereocenters. The molecule has 1 amide bonds. The largest absolute Gasteiger partial charge is 0.376 e. The molecule has 1 heterocycles. The number of hydrogen-bond acceptors (Lipinski definition) is 9. The highest BCUT2D eigenvalue weighted by Gasteiger charge is 2.37. The molecule has 1 saturated heterocycles. The van der Waals surface area contributed by atoms with Gasteiger partial charge in [0.15, 0.2) is 5.96 Å². The van der Waals surface area contributed by atoms with Gasteiger partial charge in [0.25, 0.3) is 21.6 Å². The number of nitrogens with zero attached hydrogens (tertiary/aromatic N) is 3. The molecular weight excluding hydrogens is 663 g/mol. The van der Waals surface area contributed by atoms with Crippen molar-refractivity contribution in [1.29, 1.82) is 0 Å². The Morgan fingerprint density at radius 2 is 1.67 bits per heavy atom. The summed E-state index contributed by atoms with van der Waals surface area (Å²) in [5.74, 6) is -0.172. The summed E-state index contributed by atoms with van der Waals surface area (Å²) in [6.45, 7) is 2.41. The molecule has 3 aromatic carbocycles. The van der Waals surface area contributed by atoms with Crippen LogP contribution in [-0.2, 0) is 10.0 Å². The van der Waals surface area contributed by atoms with Crippen LogP contribution in [0.25, 0.3) is 0 Å². The van der Waals surface area contributed by atoms with Gasteiger partial charge in [-0.2, -0.15) is 0 Å². The fraction of sp³-hybridized carbons (Fsp3) is 0.429. The van der Waals surface area contributed by atoms with E-state index in [-0.39, 0.29) is 28.1 Å². The summed E-state index contributed by atoms with van der Waals surface area (Å²) in [6.07, 6.45) is 9.76. The quantitative estimate of drug-likeness (QED) is 0.0371. The van der Waals surface area contributed by atoms with Crippen LogP contribution >= 0.6 is 11.8 Å². The second-order valence-electron chi connectivity index (χ2n) is 12.9. The molecule has 6 N–H and O–H groups in total. The van der Waals surface area contributed by atoms with Crippen molar-refractivity contribution < 1.29 is 18.1 Å². The molecule has 14 heteroatoms. The van der Waals surface area contributed by atoms with Gasteiger partial charge in [0.1, 0.15) is 5.69 Å². The Balaban J connectivity index is 1.24. The summed E-state index contributed by atoms with van der Waals surface area (Å²) in [7, 11) is -4.41. The van der Waals surface area contributed by atoms with E-state index in [4.69, 9.17) is 11.5 Å². The summed E-state index contributed by atoms with van der Waals surface area (Å²) in [5, 5.41) is 15.4. The Hall–Kier alpha value is -4.30. The Morgan fingerprint density at radius 1 is 0.980 bits per heavy atom. The predicted molar refractivity (Wildman–Crippen MR) is 196 cm³/mol. The normalized spacial score (nSPS) is 16.2. The smallest absolute Gasteiger partial charge is 0.293 e. The topological polar surface area (TPSA) is 186 Å². The van der Waals surface area contributed by atoms with Gasteiger partial charge in [-0.25, -0.2) is 13.1 Å². The zero-order valence-corrected chi connectivity index (χ0v) is 29.2. The molecule has 1 saturated carbocycles. The van der Waals surface area contributed by atoms with Crippen molar-refractivity contribution in [3.63, 3.8) is 0 Å². The number of sulfonamides is 1. The molecule has 49 heavy (non-hydrogen) atoms. The lowest BCUT2D eigenvalue weighted by Gasteiger charge is -2.40. The summed E-state index contributed by atoms with van der Waals surface area (Å²) in [4.78, 5) is 31.5. The van der Waals surface area contributed by atoms with E-state index in [2.05, 4.69) is 19.9 Å². The van der Waals surface area contributed by atoms with Crippen molar-refractivity contribution in [1.82, 2.24) is 4.72 Å². The molecule has 262 valence electrons. The van der Waals surface area contributed by atoms with Gasteiger partial charge in [-0.15, -0.1) is 11.8 Å². The van der Waals surface area contributed by atoms with E-state index < -0.39 is 26.5 Å². The molecule has 12 nitrogen and oxygen atoms in total. The van der Waals surface area contributed by atoms with Crippen molar-refractivity contribution in [3.05, 3.63) is 88.5 Å². The fourth-order valence-electron chi connectivity index (χ4n) is 6.72. The van der Waals surface area contributed by atoms with Crippen molar-refractivity contribution in [2.75, 3.05) is 35.6 Å². The molecule has 0 unspecified atom stereocenters. The lowest BCUT2D eigenvalue weighted by Crippen LogP contribution is -2.38. The first-order valence-corrected chi connectivity index (χ1v) is 19.2. The molecule has 1 aliphatic carbocycles. The minimum absolute atomic E-state index is 0.0265. The first kappa shape index (κ1) is 36.0. The Bertz CT molecular complexity index is 1720. The molecule has 0 aromatic heterocycles. The SMILES string of the molecule is NC(N)=NCCCC[C@H](CSc1ccccc1)Nc1ccc(S(=O)(=O)NC(=O)c2ccc(N3CCC4(CCCC4)CC3)cc2)cc1[N+](=O)[O-]. The molecular formula is C35H45N7O5S2. The molecule has 3 aromatic rings. The minimum atomic E-state index is -4.41. The number of hydrogen-bond donors (Lipinski definition) is 4. The highest BCUT2D eigenvalue weighted by molar-refractivity contribution is 7.99. The summed E-state index contributed by atoms with van der Waals surface area (Å²) >= 11 is 1.61. The number of carbonyl (C=O) groups is 1. The Labute approximate surface area is 292 Å². The third-order valence-electron chi connectivity index (χ3n) is 9.50. The highest BCUT2D eigenvalue weighted by atomic mass is 32.2. The van der Waals surface area contributed by atoms with Crippen LogP contribution in [0.3, 0.4) is 0 Å². The number of carbonyl (C=O) groups excluding carboxylic acids is 1. The first-order valence-electron chi connectivity index (χ1n) is 16.7. The number of nitro benzene ring substituents is 1. The van der Waals surface area contributed by atoms with E-state index in [1.807, 2.05) is 42.5 Å². The van der Waals surface area contributed by atoms with Crippen LogP contribution in [-0.4, -0.2) is 56.6 Å². The number of nitro groups is 1. The molecule has 2 fully saturated rings. The Kier molecular flexibility index (Phi) is 12.0. The second kappa shape index (κ2) is 16.4. The number of piperidine rings is 1. The lowest BCUT2D eigenvalue weighted by atomic mass is 9.77. The van der Waals surface area contributed by atoms with Gasteiger partial charge in [-0.1, -0.05) is 31.0 Å². The molecule has 0 radical (unpaired) electrons. The highest BCUT2D eigenvalue weighted by Crippen LogP contribution is 2.46. The summed E-state index contributed by atoms with van der Waals surface area (Å²) in [5.41, 5.74) is 12.3. The number of thioether (sulfide) groups is 1. The second-order valence-corrected chi connectivity index (χ2v) is 15.7. The number of nitrogens with one attached hydrogen (secondary N) is 2. The fourth-order valence-corrected chi connectivity index (χ4v) is 8.71. The maximum Gasteiger partial charge on any atom is 0.293 e. The lowest BCUT2D eigenvalue weighted by molar-refractivity contribution is -0.384. The number of amides is 1. The van der Waals surface area contributed by atoms with E-state index in [0.29, 0.717) is 24.1 Å². The molecule has 1 aliphatic heterocycles. The summed E-state index contributed by atoms with van der Waals surface area (Å²) in [6, 6.07) is 20.1. The van der Waals surface area contributed by atoms with Crippen LogP contribution in [0.1, 0.15) is 68.1 Å². The van der Waals surface area contributed by atoms with Gasteiger partial charge in [-0.3, -0.25) is 19.9 Å². The predicted octanol–water partition coefficient (Wildman–Crippen LogP) is 5.89. The van der Waals surface area contributed by atoms with E-state index in [9.17, 15) is 23.3 Å². The third-order valence-corrected chi connectivity index (χ3v) is 12.0. The van der Waals surface area contributed by atoms with Gasteiger partial charge in [0.2, 0.25) is 0 Å². The minimum Gasteiger partial charge on any atom is -0.376 e. The van der Waals surface area contributed by atoms with Crippen LogP contribution in [0, 0.1) is 15.5 Å². The van der Waals surface area contributed by atoms with Crippen molar-refractivity contribution >= 4 is 50.7 Å². The average molecular weight is 708 g/mol. The van der Waals surface area contributed by atoms with Crippen molar-refractivity contribution in [2.45, 2.75) is 73.6 Å². The van der Waals surface area contributed by atoms with E-state index >= 15 is 0 Å².